The SMILES string of the molecule is CN1CC=C[C@H]1COc1cccnc1[18F]. The highest BCUT2D eigenvalue weighted by atomic mass is 18.2. The molecule has 15 heavy (non-hydrogen) atoms. The number of hydrogen-bond donors (Lipinski definition) is 0. The summed E-state index contributed by atoms with van der Waals surface area (Å²) in [6, 6.07) is 3.47. The third-order valence-electron chi connectivity index (χ3n) is 2.45. The molecule has 0 unspecified atom stereocenters. The Hall–Kier alpha value is -1.42. The van der Waals surface area contributed by atoms with Gasteiger partial charge < -0.3 is 4.74 Å². The van der Waals surface area contributed by atoms with Crippen LogP contribution in [0.5, 0.6) is 5.75 Å². The van der Waals surface area contributed by atoms with Gasteiger partial charge in [-0.25, -0.2) is 4.98 Å². The topological polar surface area (TPSA) is 25.4 Å². The molecule has 1 aromatic rings. The van der Waals surface area contributed by atoms with E-state index in [2.05, 4.69) is 22.0 Å². The van der Waals surface area contributed by atoms with Crippen LogP contribution in [0.2, 0.25) is 0 Å². The molecule has 0 saturated heterocycles. The highest BCUT2D eigenvalue weighted by Gasteiger charge is 2.16. The van der Waals surface area contributed by atoms with Crippen LogP contribution < -0.4 is 4.74 Å². The summed E-state index contributed by atoms with van der Waals surface area (Å²) >= 11 is 0. The van der Waals surface area contributed by atoms with Gasteiger partial charge >= 0.3 is 0 Å². The summed E-state index contributed by atoms with van der Waals surface area (Å²) in [6.45, 7) is 1.37. The fourth-order valence-electron chi connectivity index (χ4n) is 1.50. The average molecular weight is 207 g/mol. The number of rotatable bonds is 3. The number of hydrogen-bond acceptors (Lipinski definition) is 3. The van der Waals surface area contributed by atoms with Gasteiger partial charge in [0.05, 0.1) is 6.04 Å². The molecule has 0 spiro atoms. The fourth-order valence-corrected chi connectivity index (χ4v) is 1.50. The molecular formula is C11H13FN2O. The van der Waals surface area contributed by atoms with E-state index in [1.165, 1.54) is 6.20 Å². The maximum atomic E-state index is 13.1. The summed E-state index contributed by atoms with van der Waals surface area (Å²) in [6.07, 6.45) is 5.55. The average Bonchev–Trinajstić information content (AvgIpc) is 2.63. The van der Waals surface area contributed by atoms with Crippen LogP contribution in [0.1, 0.15) is 0 Å². The first-order valence-electron chi connectivity index (χ1n) is 4.87. The van der Waals surface area contributed by atoms with Gasteiger partial charge in [-0.3, -0.25) is 4.90 Å². The Morgan fingerprint density at radius 2 is 2.53 bits per heavy atom. The maximum Gasteiger partial charge on any atom is 0.255 e. The Kier molecular flexibility index (Phi) is 2.97. The van der Waals surface area contributed by atoms with Crippen molar-refractivity contribution in [2.75, 3.05) is 20.2 Å². The molecule has 0 fully saturated rings. The summed E-state index contributed by atoms with van der Waals surface area (Å²) in [5.74, 6) is -0.340. The van der Waals surface area contributed by atoms with Crippen molar-refractivity contribution in [2.45, 2.75) is 6.04 Å². The summed E-state index contributed by atoms with van der Waals surface area (Å²) < 4.78 is 18.5. The predicted molar refractivity (Wildman–Crippen MR) is 55.2 cm³/mol. The summed E-state index contributed by atoms with van der Waals surface area (Å²) in [5, 5.41) is 0. The van der Waals surface area contributed by atoms with E-state index in [0.29, 0.717) is 6.61 Å². The van der Waals surface area contributed by atoms with Gasteiger partial charge in [-0.15, -0.1) is 0 Å². The van der Waals surface area contributed by atoms with Gasteiger partial charge in [-0.1, -0.05) is 12.2 Å². The van der Waals surface area contributed by atoms with Crippen LogP contribution in [-0.2, 0) is 0 Å². The van der Waals surface area contributed by atoms with Crippen molar-refractivity contribution in [3.05, 3.63) is 36.4 Å². The van der Waals surface area contributed by atoms with Crippen LogP contribution >= 0.6 is 0 Å². The lowest BCUT2D eigenvalue weighted by Gasteiger charge is -2.19. The van der Waals surface area contributed by atoms with E-state index < -0.39 is 5.95 Å². The van der Waals surface area contributed by atoms with E-state index in [4.69, 9.17) is 4.74 Å². The van der Waals surface area contributed by atoms with E-state index in [9.17, 15) is 4.39 Å². The maximum absolute atomic E-state index is 13.1. The van der Waals surface area contributed by atoms with Crippen molar-refractivity contribution in [3.8, 4) is 5.75 Å². The van der Waals surface area contributed by atoms with Crippen LogP contribution in [0, 0.1) is 5.95 Å². The minimum Gasteiger partial charge on any atom is -0.487 e. The van der Waals surface area contributed by atoms with Crippen LogP contribution in [0.15, 0.2) is 30.5 Å². The molecule has 0 radical (unpaired) electrons. The highest BCUT2D eigenvalue weighted by molar-refractivity contribution is 5.18. The molecular weight excluding hydrogens is 194 g/mol. The first kappa shape index (κ1) is 10.1. The zero-order valence-electron chi connectivity index (χ0n) is 8.56. The van der Waals surface area contributed by atoms with Crippen molar-refractivity contribution in [1.82, 2.24) is 9.88 Å². The van der Waals surface area contributed by atoms with Gasteiger partial charge in [-0.2, -0.15) is 4.39 Å². The molecule has 1 aliphatic heterocycles. The first-order chi connectivity index (χ1) is 7.27. The Morgan fingerprint density at radius 3 is 3.20 bits per heavy atom. The van der Waals surface area contributed by atoms with Gasteiger partial charge in [-0.05, 0) is 19.2 Å². The minimum atomic E-state index is -0.554. The fraction of sp³-hybridized carbons (Fsp3) is 0.364. The molecule has 4 heteroatoms. The van der Waals surface area contributed by atoms with Crippen molar-refractivity contribution < 1.29 is 9.13 Å². The summed E-state index contributed by atoms with van der Waals surface area (Å²) in [4.78, 5) is 5.65. The largest absolute Gasteiger partial charge is 0.487 e. The van der Waals surface area contributed by atoms with Gasteiger partial charge in [0.2, 0.25) is 0 Å². The zero-order chi connectivity index (χ0) is 10.7. The molecule has 1 atom stereocenters. The van der Waals surface area contributed by atoms with E-state index >= 15 is 0 Å². The van der Waals surface area contributed by atoms with Crippen LogP contribution in [0.3, 0.4) is 0 Å². The quantitative estimate of drug-likeness (QED) is 0.554. The van der Waals surface area contributed by atoms with E-state index in [1.807, 2.05) is 7.05 Å². The van der Waals surface area contributed by atoms with E-state index in [-0.39, 0.29) is 11.8 Å². The Labute approximate surface area is 88.2 Å². The monoisotopic (exact) mass is 207 g/mol. The Morgan fingerprint density at radius 1 is 1.67 bits per heavy atom. The standard InChI is InChI=1S/C11H13FN2O/c1-14-7-3-4-9(14)8-15-10-5-2-6-13-11(10)12/h2-6,9H,7-8H2,1H3/t9-/m0/s1/i12-1. The lowest BCUT2D eigenvalue weighted by Crippen LogP contribution is -2.31. The second kappa shape index (κ2) is 4.40. The molecule has 0 aliphatic carbocycles. The number of likely N-dealkylation sites (N-methyl/N-ethyl adjacent to an activating group) is 1. The molecule has 0 N–H and O–H groups in total. The summed E-state index contributed by atoms with van der Waals surface area (Å²) in [7, 11) is 2.01. The van der Waals surface area contributed by atoms with Crippen LogP contribution in [0.25, 0.3) is 0 Å². The number of nitrogens with zero attached hydrogens (tertiary/aromatic N) is 2. The second-order valence-corrected chi connectivity index (χ2v) is 3.54. The smallest absolute Gasteiger partial charge is 0.255 e. The molecule has 80 valence electrons. The lowest BCUT2D eigenvalue weighted by atomic mass is 10.3. The molecule has 0 amide bonds. The van der Waals surface area contributed by atoms with E-state index in [1.54, 1.807) is 12.1 Å². The number of pyridine rings is 1. The van der Waals surface area contributed by atoms with Crippen molar-refractivity contribution in [1.29, 1.82) is 0 Å². The molecule has 0 saturated carbocycles. The second-order valence-electron chi connectivity index (χ2n) is 3.54. The normalized spacial score (nSPS) is 20.8. The van der Waals surface area contributed by atoms with Crippen LogP contribution in [0.4, 0.5) is 4.39 Å². The zero-order valence-corrected chi connectivity index (χ0v) is 8.56. The molecule has 1 aliphatic rings. The Bertz CT molecular complexity index is 367. The van der Waals surface area contributed by atoms with Gasteiger partial charge in [0.25, 0.3) is 5.95 Å². The molecule has 0 bridgehead atoms. The van der Waals surface area contributed by atoms with E-state index in [0.717, 1.165) is 6.54 Å². The Balaban J connectivity index is 1.93. The highest BCUT2D eigenvalue weighted by Crippen LogP contribution is 2.15. The van der Waals surface area contributed by atoms with Crippen molar-refractivity contribution in [2.24, 2.45) is 0 Å². The molecule has 1 aromatic heterocycles. The predicted octanol–water partition coefficient (Wildman–Crippen LogP) is 1.47. The molecule has 3 nitrogen and oxygen atoms in total. The molecule has 0 aromatic carbocycles. The van der Waals surface area contributed by atoms with Gasteiger partial charge in [0, 0.05) is 12.7 Å². The van der Waals surface area contributed by atoms with Gasteiger partial charge in [0.1, 0.15) is 6.61 Å². The number of halogens is 1. The summed E-state index contributed by atoms with van der Waals surface area (Å²) in [5.41, 5.74) is 0. The molecule has 2 heterocycles. The first-order valence-corrected chi connectivity index (χ1v) is 4.87. The number of ether oxygens (including phenoxy) is 1. The minimum absolute atomic E-state index is 0.214. The van der Waals surface area contributed by atoms with Gasteiger partial charge in [0.15, 0.2) is 5.75 Å². The number of aromatic nitrogens is 1. The van der Waals surface area contributed by atoms with Crippen LogP contribution in [-0.4, -0.2) is 36.1 Å². The molecule has 2 rings (SSSR count). The third kappa shape index (κ3) is 2.33. The van der Waals surface area contributed by atoms with Crippen molar-refractivity contribution in [3.63, 3.8) is 0 Å². The lowest BCUT2D eigenvalue weighted by molar-refractivity contribution is 0.208. The third-order valence-corrected chi connectivity index (χ3v) is 2.45. The van der Waals surface area contributed by atoms with Crippen molar-refractivity contribution >= 4 is 0 Å².